The van der Waals surface area contributed by atoms with Crippen molar-refractivity contribution in [3.8, 4) is 0 Å². The maximum absolute atomic E-state index is 11.4. The Kier molecular flexibility index (Phi) is 4.18. The molecule has 1 amide bonds. The van der Waals surface area contributed by atoms with Gasteiger partial charge in [0.05, 0.1) is 6.54 Å². The summed E-state index contributed by atoms with van der Waals surface area (Å²) in [7, 11) is 0. The average Bonchev–Trinajstić information content (AvgIpc) is 2.90. The predicted molar refractivity (Wildman–Crippen MR) is 64.3 cm³/mol. The summed E-state index contributed by atoms with van der Waals surface area (Å²) in [4.78, 5) is 13.9. The van der Waals surface area contributed by atoms with Crippen LogP contribution in [-0.2, 0) is 4.79 Å². The topological polar surface area (TPSA) is 44.4 Å². The minimum absolute atomic E-state index is 0.149. The maximum atomic E-state index is 11.4. The van der Waals surface area contributed by atoms with Crippen molar-refractivity contribution in [3.63, 3.8) is 0 Å². The van der Waals surface area contributed by atoms with Gasteiger partial charge in [-0.1, -0.05) is 0 Å². The first-order valence-electron chi connectivity index (χ1n) is 6.50. The Balaban J connectivity index is 1.53. The molecule has 2 N–H and O–H groups in total. The normalized spacial score (nSPS) is 23.3. The number of carbonyl (C=O) groups is 1. The fourth-order valence-electron chi connectivity index (χ4n) is 2.21. The van der Waals surface area contributed by atoms with Gasteiger partial charge in [0.25, 0.3) is 0 Å². The van der Waals surface area contributed by atoms with E-state index in [2.05, 4.69) is 22.5 Å². The van der Waals surface area contributed by atoms with E-state index < -0.39 is 0 Å². The van der Waals surface area contributed by atoms with Crippen LogP contribution in [0, 0.1) is 0 Å². The van der Waals surface area contributed by atoms with E-state index in [0.717, 1.165) is 19.4 Å². The van der Waals surface area contributed by atoms with Crippen LogP contribution in [0.4, 0.5) is 0 Å². The molecule has 1 aliphatic heterocycles. The zero-order chi connectivity index (χ0) is 11.4. The second kappa shape index (κ2) is 5.64. The third-order valence-corrected chi connectivity index (χ3v) is 3.43. The zero-order valence-corrected chi connectivity index (χ0v) is 10.2. The average molecular weight is 225 g/mol. The first-order valence-corrected chi connectivity index (χ1v) is 6.50. The number of nitrogens with one attached hydrogen (secondary N) is 2. The summed E-state index contributed by atoms with van der Waals surface area (Å²) in [5.41, 5.74) is 0. The number of carbonyl (C=O) groups excluding carboxylic acids is 1. The van der Waals surface area contributed by atoms with Gasteiger partial charge in [-0.05, 0) is 45.7 Å². The van der Waals surface area contributed by atoms with Crippen molar-refractivity contribution in [1.82, 2.24) is 15.5 Å². The van der Waals surface area contributed by atoms with Gasteiger partial charge < -0.3 is 10.6 Å². The maximum Gasteiger partial charge on any atom is 0.234 e. The predicted octanol–water partition coefficient (Wildman–Crippen LogP) is 0.339. The van der Waals surface area contributed by atoms with Gasteiger partial charge in [-0.2, -0.15) is 0 Å². The molecule has 4 nitrogen and oxygen atoms in total. The molecule has 1 unspecified atom stereocenters. The second-order valence-electron chi connectivity index (χ2n) is 5.06. The molecule has 2 aliphatic rings. The number of nitrogens with zero attached hydrogens (tertiary/aromatic N) is 1. The molecule has 0 aromatic carbocycles. The number of amides is 1. The molecular formula is C12H23N3O. The van der Waals surface area contributed by atoms with Gasteiger partial charge in [0.15, 0.2) is 0 Å². The summed E-state index contributed by atoms with van der Waals surface area (Å²) in [6, 6.07) is 1.03. The van der Waals surface area contributed by atoms with Crippen molar-refractivity contribution < 1.29 is 4.79 Å². The fraction of sp³-hybridized carbons (Fsp3) is 0.917. The Morgan fingerprint density at radius 3 is 2.69 bits per heavy atom. The molecule has 0 aromatic rings. The Hall–Kier alpha value is -0.610. The van der Waals surface area contributed by atoms with Crippen LogP contribution in [0.3, 0.4) is 0 Å². The summed E-state index contributed by atoms with van der Waals surface area (Å²) in [6.45, 7) is 6.05. The Morgan fingerprint density at radius 2 is 2.06 bits per heavy atom. The van der Waals surface area contributed by atoms with Gasteiger partial charge in [-0.15, -0.1) is 0 Å². The first kappa shape index (κ1) is 11.9. The van der Waals surface area contributed by atoms with Gasteiger partial charge in [0, 0.05) is 18.6 Å². The minimum Gasteiger partial charge on any atom is -0.352 e. The van der Waals surface area contributed by atoms with Crippen LogP contribution in [-0.4, -0.2) is 49.1 Å². The van der Waals surface area contributed by atoms with Crippen molar-refractivity contribution in [3.05, 3.63) is 0 Å². The summed E-state index contributed by atoms with van der Waals surface area (Å²) < 4.78 is 0. The van der Waals surface area contributed by atoms with Crippen LogP contribution >= 0.6 is 0 Å². The molecule has 1 aliphatic carbocycles. The van der Waals surface area contributed by atoms with Crippen LogP contribution in [0.1, 0.15) is 32.6 Å². The van der Waals surface area contributed by atoms with Crippen molar-refractivity contribution in [1.29, 1.82) is 0 Å². The lowest BCUT2D eigenvalue weighted by molar-refractivity contribution is -0.120. The molecule has 1 saturated carbocycles. The molecule has 2 fully saturated rings. The van der Waals surface area contributed by atoms with E-state index in [9.17, 15) is 4.79 Å². The van der Waals surface area contributed by atoms with Gasteiger partial charge in [0.2, 0.25) is 5.91 Å². The molecule has 4 heteroatoms. The van der Waals surface area contributed by atoms with Crippen molar-refractivity contribution >= 4 is 5.91 Å². The molecule has 16 heavy (non-hydrogen) atoms. The van der Waals surface area contributed by atoms with E-state index in [1.54, 1.807) is 0 Å². The Morgan fingerprint density at radius 1 is 1.38 bits per heavy atom. The van der Waals surface area contributed by atoms with Gasteiger partial charge in [-0.3, -0.25) is 9.69 Å². The zero-order valence-electron chi connectivity index (χ0n) is 10.2. The summed E-state index contributed by atoms with van der Waals surface area (Å²) >= 11 is 0. The number of hydrogen-bond acceptors (Lipinski definition) is 3. The first-order chi connectivity index (χ1) is 7.75. The largest absolute Gasteiger partial charge is 0.352 e. The fourth-order valence-corrected chi connectivity index (χ4v) is 2.21. The van der Waals surface area contributed by atoms with Crippen molar-refractivity contribution in [2.45, 2.75) is 44.7 Å². The van der Waals surface area contributed by atoms with E-state index in [1.165, 1.54) is 25.9 Å². The lowest BCUT2D eigenvalue weighted by Crippen LogP contribution is -2.42. The quantitative estimate of drug-likeness (QED) is 0.685. The summed E-state index contributed by atoms with van der Waals surface area (Å²) in [5, 5.41) is 6.22. The monoisotopic (exact) mass is 225 g/mol. The van der Waals surface area contributed by atoms with E-state index in [4.69, 9.17) is 0 Å². The third kappa shape index (κ3) is 3.76. The smallest absolute Gasteiger partial charge is 0.234 e. The SMILES string of the molecule is CC(CNCC(=O)NC1CC1)N1CCCC1. The van der Waals surface area contributed by atoms with Crippen LogP contribution in [0.15, 0.2) is 0 Å². The summed E-state index contributed by atoms with van der Waals surface area (Å²) in [5.74, 6) is 0.149. The Labute approximate surface area is 97.8 Å². The van der Waals surface area contributed by atoms with Crippen LogP contribution in [0.25, 0.3) is 0 Å². The van der Waals surface area contributed by atoms with Gasteiger partial charge in [0.1, 0.15) is 0 Å². The highest BCUT2D eigenvalue weighted by Gasteiger charge is 2.23. The molecular weight excluding hydrogens is 202 g/mol. The van der Waals surface area contributed by atoms with Crippen LogP contribution in [0.2, 0.25) is 0 Å². The van der Waals surface area contributed by atoms with Gasteiger partial charge >= 0.3 is 0 Å². The molecule has 0 bridgehead atoms. The number of hydrogen-bond donors (Lipinski definition) is 2. The summed E-state index contributed by atoms with van der Waals surface area (Å²) in [6.07, 6.45) is 4.98. The highest BCUT2D eigenvalue weighted by atomic mass is 16.2. The molecule has 92 valence electrons. The molecule has 0 aromatic heterocycles. The van der Waals surface area contributed by atoms with E-state index >= 15 is 0 Å². The molecule has 0 radical (unpaired) electrons. The van der Waals surface area contributed by atoms with E-state index in [1.807, 2.05) is 0 Å². The van der Waals surface area contributed by atoms with Crippen molar-refractivity contribution in [2.75, 3.05) is 26.2 Å². The van der Waals surface area contributed by atoms with Crippen LogP contribution in [0.5, 0.6) is 0 Å². The highest BCUT2D eigenvalue weighted by Crippen LogP contribution is 2.18. The number of rotatable bonds is 6. The molecule has 2 rings (SSSR count). The lowest BCUT2D eigenvalue weighted by atomic mass is 10.3. The molecule has 1 saturated heterocycles. The minimum atomic E-state index is 0.149. The number of likely N-dealkylation sites (tertiary alicyclic amines) is 1. The van der Waals surface area contributed by atoms with Crippen molar-refractivity contribution in [2.24, 2.45) is 0 Å². The lowest BCUT2D eigenvalue weighted by Gasteiger charge is -2.23. The molecule has 1 atom stereocenters. The van der Waals surface area contributed by atoms with E-state index in [-0.39, 0.29) is 5.91 Å². The highest BCUT2D eigenvalue weighted by molar-refractivity contribution is 5.78. The molecule has 1 heterocycles. The van der Waals surface area contributed by atoms with E-state index in [0.29, 0.717) is 18.6 Å². The van der Waals surface area contributed by atoms with Crippen LogP contribution < -0.4 is 10.6 Å². The standard InChI is InChI=1S/C12H23N3O/c1-10(15-6-2-3-7-15)8-13-9-12(16)14-11-4-5-11/h10-11,13H,2-9H2,1H3,(H,14,16). The Bertz CT molecular complexity index is 234. The van der Waals surface area contributed by atoms with Gasteiger partial charge in [-0.25, -0.2) is 0 Å². The molecule has 0 spiro atoms. The third-order valence-electron chi connectivity index (χ3n) is 3.43. The second-order valence-corrected chi connectivity index (χ2v) is 5.06.